The molecule has 88 valence electrons. The molecule has 0 fully saturated rings. The van der Waals surface area contributed by atoms with Crippen LogP contribution in [0.15, 0.2) is 24.3 Å². The van der Waals surface area contributed by atoms with Crippen LogP contribution < -0.4 is 10.6 Å². The Morgan fingerprint density at radius 3 is 2.35 bits per heavy atom. The third-order valence-corrected chi connectivity index (χ3v) is 2.10. The summed E-state index contributed by atoms with van der Waals surface area (Å²) >= 11 is 5.72. The van der Waals surface area contributed by atoms with Gasteiger partial charge in [-0.3, -0.25) is 0 Å². The molecule has 0 atom stereocenters. The van der Waals surface area contributed by atoms with Crippen molar-refractivity contribution in [1.82, 2.24) is 15.0 Å². The molecule has 2 N–H and O–H groups in total. The first-order chi connectivity index (χ1) is 8.17. The van der Waals surface area contributed by atoms with Crippen molar-refractivity contribution in [3.05, 3.63) is 35.4 Å². The third-order valence-electron chi connectivity index (χ3n) is 1.93. The van der Waals surface area contributed by atoms with Gasteiger partial charge in [-0.1, -0.05) is 0 Å². The summed E-state index contributed by atoms with van der Waals surface area (Å²) in [5.74, 6) is 0.343. The second-order valence-corrected chi connectivity index (χ2v) is 3.47. The van der Waals surface area contributed by atoms with E-state index in [-0.39, 0.29) is 11.1 Å². The van der Waals surface area contributed by atoms with Crippen LogP contribution in [0.1, 0.15) is 0 Å². The van der Waals surface area contributed by atoms with Crippen molar-refractivity contribution in [3.8, 4) is 0 Å². The first-order valence-corrected chi connectivity index (χ1v) is 5.17. The molecule has 1 heterocycles. The first-order valence-electron chi connectivity index (χ1n) is 4.79. The lowest BCUT2D eigenvalue weighted by molar-refractivity contribution is 0.628. The highest BCUT2D eigenvalue weighted by molar-refractivity contribution is 6.28. The van der Waals surface area contributed by atoms with E-state index >= 15 is 0 Å². The number of rotatable bonds is 3. The molecule has 0 saturated carbocycles. The minimum atomic E-state index is -0.305. The topological polar surface area (TPSA) is 62.7 Å². The molecule has 0 amide bonds. The Morgan fingerprint density at radius 1 is 1.06 bits per heavy atom. The molecule has 1 aromatic carbocycles. The van der Waals surface area contributed by atoms with E-state index in [1.807, 2.05) is 0 Å². The van der Waals surface area contributed by atoms with Crippen LogP contribution in [0.25, 0.3) is 0 Å². The summed E-state index contributed by atoms with van der Waals surface area (Å²) < 4.78 is 12.7. The Kier molecular flexibility index (Phi) is 3.34. The zero-order valence-corrected chi connectivity index (χ0v) is 9.66. The van der Waals surface area contributed by atoms with Crippen LogP contribution in [0.5, 0.6) is 0 Å². The standard InChI is InChI=1S/C10H9ClFN5/c1-13-9-15-8(11)16-10(17-9)14-7-4-2-6(12)3-5-7/h2-5H,1H3,(H2,13,14,15,16,17). The number of hydrogen-bond acceptors (Lipinski definition) is 5. The van der Waals surface area contributed by atoms with Gasteiger partial charge in [-0.2, -0.15) is 15.0 Å². The minimum Gasteiger partial charge on any atom is -0.357 e. The molecule has 1 aromatic heterocycles. The van der Waals surface area contributed by atoms with Gasteiger partial charge in [0.15, 0.2) is 0 Å². The summed E-state index contributed by atoms with van der Waals surface area (Å²) in [5.41, 5.74) is 0.663. The van der Waals surface area contributed by atoms with E-state index < -0.39 is 0 Å². The molecule has 0 aliphatic heterocycles. The molecule has 0 spiro atoms. The van der Waals surface area contributed by atoms with E-state index in [1.165, 1.54) is 12.1 Å². The van der Waals surface area contributed by atoms with Crippen LogP contribution >= 0.6 is 11.6 Å². The van der Waals surface area contributed by atoms with Gasteiger partial charge >= 0.3 is 0 Å². The number of nitrogens with zero attached hydrogens (tertiary/aromatic N) is 3. The van der Waals surface area contributed by atoms with Crippen LogP contribution in [0.2, 0.25) is 5.28 Å². The van der Waals surface area contributed by atoms with Crippen molar-refractivity contribution in [3.63, 3.8) is 0 Å². The van der Waals surface area contributed by atoms with Crippen LogP contribution in [0.3, 0.4) is 0 Å². The summed E-state index contributed by atoms with van der Waals surface area (Å²) in [7, 11) is 1.67. The van der Waals surface area contributed by atoms with Crippen molar-refractivity contribution in [2.45, 2.75) is 0 Å². The summed E-state index contributed by atoms with van der Waals surface area (Å²) in [6, 6.07) is 5.83. The van der Waals surface area contributed by atoms with Gasteiger partial charge in [0.05, 0.1) is 0 Å². The fourth-order valence-electron chi connectivity index (χ4n) is 1.18. The van der Waals surface area contributed by atoms with Crippen LogP contribution in [0.4, 0.5) is 22.0 Å². The number of benzene rings is 1. The Labute approximate surface area is 102 Å². The number of halogens is 2. The Hall–Kier alpha value is -1.95. The predicted molar refractivity (Wildman–Crippen MR) is 64.1 cm³/mol. The molecule has 17 heavy (non-hydrogen) atoms. The van der Waals surface area contributed by atoms with E-state index in [0.717, 1.165) is 0 Å². The zero-order chi connectivity index (χ0) is 12.3. The normalized spacial score (nSPS) is 10.1. The van der Waals surface area contributed by atoms with Crippen LogP contribution in [-0.4, -0.2) is 22.0 Å². The second-order valence-electron chi connectivity index (χ2n) is 3.13. The van der Waals surface area contributed by atoms with Crippen molar-refractivity contribution in [1.29, 1.82) is 0 Å². The monoisotopic (exact) mass is 253 g/mol. The van der Waals surface area contributed by atoms with Crippen LogP contribution in [-0.2, 0) is 0 Å². The molecule has 0 aliphatic carbocycles. The molecule has 2 aromatic rings. The lowest BCUT2D eigenvalue weighted by Crippen LogP contribution is -2.03. The highest BCUT2D eigenvalue weighted by Gasteiger charge is 2.03. The van der Waals surface area contributed by atoms with E-state index in [1.54, 1.807) is 19.2 Å². The Bertz CT molecular complexity index is 517. The fourth-order valence-corrected chi connectivity index (χ4v) is 1.34. The Morgan fingerprint density at radius 2 is 1.71 bits per heavy atom. The fraction of sp³-hybridized carbons (Fsp3) is 0.100. The van der Waals surface area contributed by atoms with E-state index in [0.29, 0.717) is 17.6 Å². The molecule has 0 saturated heterocycles. The lowest BCUT2D eigenvalue weighted by Gasteiger charge is -2.06. The average Bonchev–Trinajstić information content (AvgIpc) is 2.31. The molecular weight excluding hydrogens is 245 g/mol. The van der Waals surface area contributed by atoms with Gasteiger partial charge in [0.25, 0.3) is 0 Å². The predicted octanol–water partition coefficient (Wildman–Crippen LogP) is 2.45. The molecule has 5 nitrogen and oxygen atoms in total. The maximum absolute atomic E-state index is 12.7. The molecule has 0 bridgehead atoms. The van der Waals surface area contributed by atoms with Crippen molar-refractivity contribution < 1.29 is 4.39 Å². The molecular formula is C10H9ClFN5. The summed E-state index contributed by atoms with van der Waals surface area (Å²) in [4.78, 5) is 11.8. The van der Waals surface area contributed by atoms with Gasteiger partial charge in [0.1, 0.15) is 5.82 Å². The van der Waals surface area contributed by atoms with Gasteiger partial charge in [-0.15, -0.1) is 0 Å². The van der Waals surface area contributed by atoms with Gasteiger partial charge in [0, 0.05) is 12.7 Å². The summed E-state index contributed by atoms with van der Waals surface area (Å²) in [6.07, 6.45) is 0. The lowest BCUT2D eigenvalue weighted by atomic mass is 10.3. The van der Waals surface area contributed by atoms with Crippen molar-refractivity contribution in [2.24, 2.45) is 0 Å². The van der Waals surface area contributed by atoms with Crippen LogP contribution in [0, 0.1) is 5.82 Å². The largest absolute Gasteiger partial charge is 0.357 e. The van der Waals surface area contributed by atoms with Gasteiger partial charge in [-0.25, -0.2) is 4.39 Å². The van der Waals surface area contributed by atoms with E-state index in [9.17, 15) is 4.39 Å². The van der Waals surface area contributed by atoms with Gasteiger partial charge in [0.2, 0.25) is 17.2 Å². The number of aromatic nitrogens is 3. The second kappa shape index (κ2) is 4.92. The quantitative estimate of drug-likeness (QED) is 0.880. The molecule has 0 unspecified atom stereocenters. The van der Waals surface area contributed by atoms with Gasteiger partial charge in [-0.05, 0) is 35.9 Å². The SMILES string of the molecule is CNc1nc(Cl)nc(Nc2ccc(F)cc2)n1. The van der Waals surface area contributed by atoms with Crippen molar-refractivity contribution in [2.75, 3.05) is 17.7 Å². The smallest absolute Gasteiger partial charge is 0.233 e. The number of hydrogen-bond donors (Lipinski definition) is 2. The molecule has 0 radical (unpaired) electrons. The average molecular weight is 254 g/mol. The highest BCUT2D eigenvalue weighted by atomic mass is 35.5. The molecule has 0 aliphatic rings. The number of anilines is 3. The van der Waals surface area contributed by atoms with Crippen molar-refractivity contribution >= 4 is 29.2 Å². The zero-order valence-electron chi connectivity index (χ0n) is 8.91. The van der Waals surface area contributed by atoms with E-state index in [4.69, 9.17) is 11.6 Å². The number of nitrogens with one attached hydrogen (secondary N) is 2. The third kappa shape index (κ3) is 3.01. The maximum Gasteiger partial charge on any atom is 0.233 e. The minimum absolute atomic E-state index is 0.0777. The van der Waals surface area contributed by atoms with E-state index in [2.05, 4.69) is 25.6 Å². The molecule has 2 rings (SSSR count). The summed E-state index contributed by atoms with van der Waals surface area (Å²) in [6.45, 7) is 0. The summed E-state index contributed by atoms with van der Waals surface area (Å²) in [5, 5.41) is 5.73. The maximum atomic E-state index is 12.7. The molecule has 7 heteroatoms. The van der Waals surface area contributed by atoms with Gasteiger partial charge < -0.3 is 10.6 Å². The first kappa shape index (κ1) is 11.5. The Balaban J connectivity index is 2.23. The highest BCUT2D eigenvalue weighted by Crippen LogP contribution is 2.15.